The third kappa shape index (κ3) is 11.4. The minimum absolute atomic E-state index is 0.0231. The van der Waals surface area contributed by atoms with E-state index in [-0.39, 0.29) is 70.7 Å². The fourth-order valence-corrected chi connectivity index (χ4v) is 14.7. The number of imide groups is 1. The van der Waals surface area contributed by atoms with Crippen molar-refractivity contribution >= 4 is 96.5 Å². The van der Waals surface area contributed by atoms with Crippen LogP contribution >= 0.6 is 22.9 Å². The van der Waals surface area contributed by atoms with E-state index in [9.17, 15) is 37.2 Å². The third-order valence-electron chi connectivity index (χ3n) is 15.0. The Balaban J connectivity index is 0.747. The summed E-state index contributed by atoms with van der Waals surface area (Å²) in [6, 6.07) is 23.1. The van der Waals surface area contributed by atoms with Crippen LogP contribution in [0.5, 0.6) is 5.75 Å². The van der Waals surface area contributed by atoms with Crippen molar-refractivity contribution < 1.29 is 51.4 Å². The van der Waals surface area contributed by atoms with Crippen molar-refractivity contribution in [1.82, 2.24) is 14.5 Å². The van der Waals surface area contributed by atoms with Gasteiger partial charge in [0.2, 0.25) is 21.8 Å². The number of halogens is 1. The predicted molar refractivity (Wildman–Crippen MR) is 295 cm³/mol. The quantitative estimate of drug-likeness (QED) is 0.0479. The van der Waals surface area contributed by atoms with E-state index in [0.717, 1.165) is 58.2 Å². The van der Waals surface area contributed by atoms with Gasteiger partial charge in [0.1, 0.15) is 16.7 Å². The molecule has 10 rings (SSSR count). The molecule has 1 saturated carbocycles. The van der Waals surface area contributed by atoms with E-state index in [0.29, 0.717) is 79.1 Å². The van der Waals surface area contributed by atoms with E-state index in [2.05, 4.69) is 16.0 Å². The smallest absolute Gasteiger partial charge is 0.352 e. The Morgan fingerprint density at radius 1 is 0.909 bits per heavy atom. The number of rotatable bonds is 16. The SMILES string of the molecule is CCCCOC(=O)c1sc(-c2cccc(N[C@H]3CCN(S(=O)(=O)Cc4cccc(NC(=O)N5CCC(c6ccc7c8c(cccc68)C(=O)N7C6CCC(=O)NC6=O)CC5)c4)C4(CC4)C3)c2)c(Cl)c1OCC(=O)OC(C)(C)C. The molecule has 4 aromatic carbocycles. The zero-order chi connectivity index (χ0) is 54.4. The topological polar surface area (TPSA) is 210 Å². The van der Waals surface area contributed by atoms with Gasteiger partial charge in [-0.1, -0.05) is 67.4 Å². The Kier molecular flexibility index (Phi) is 15.2. The first-order valence-corrected chi connectivity index (χ1v) is 29.2. The number of thiophene rings is 1. The highest BCUT2D eigenvalue weighted by atomic mass is 35.5. The lowest BCUT2D eigenvalue weighted by molar-refractivity contribution is -0.157. The van der Waals surface area contributed by atoms with Crippen molar-refractivity contribution in [2.24, 2.45) is 0 Å². The van der Waals surface area contributed by atoms with E-state index in [1.807, 2.05) is 55.5 Å². The van der Waals surface area contributed by atoms with Crippen molar-refractivity contribution in [2.45, 2.75) is 127 Å². The number of carbonyl (C=O) groups excluding carboxylic acids is 6. The summed E-state index contributed by atoms with van der Waals surface area (Å²) in [7, 11) is -3.75. The summed E-state index contributed by atoms with van der Waals surface area (Å²) in [6.45, 7) is 8.34. The van der Waals surface area contributed by atoms with Crippen LogP contribution in [0.2, 0.25) is 5.02 Å². The second kappa shape index (κ2) is 21.7. The molecule has 2 atom stereocenters. The Labute approximate surface area is 457 Å². The van der Waals surface area contributed by atoms with Gasteiger partial charge in [0.05, 0.1) is 22.9 Å². The predicted octanol–water partition coefficient (Wildman–Crippen LogP) is 10.0. The van der Waals surface area contributed by atoms with Crippen molar-refractivity contribution in [3.63, 3.8) is 0 Å². The number of hydrogen-bond acceptors (Lipinski definition) is 13. The maximum atomic E-state index is 14.3. The molecule has 17 nitrogen and oxygen atoms in total. The van der Waals surface area contributed by atoms with Crippen molar-refractivity contribution in [3.8, 4) is 16.2 Å². The molecule has 0 bridgehead atoms. The highest BCUT2D eigenvalue weighted by Crippen LogP contribution is 2.51. The molecule has 0 radical (unpaired) electrons. The molecule has 5 aliphatic rings. The molecule has 406 valence electrons. The molecule has 3 N–H and O–H groups in total. The second-order valence-electron chi connectivity index (χ2n) is 21.7. The first-order valence-electron chi connectivity index (χ1n) is 26.4. The standard InChI is InChI=1S/C57H63ClN6O11S2/c1-5-6-28-73-54(69)51-49(74-32-46(66)75-56(2,3)4)48(58)50(76-51)36-11-8-13-38(30-36)59-39-22-27-63(57(31-39)23-24-57)77(71,72)33-34-10-7-12-37(29-34)60-55(70)62-25-20-35(21-26-62)40-16-17-43-47-41(40)14-9-15-42(47)53(68)64(43)44-18-19-45(65)61-52(44)67/h7-17,29-30,35,39,44,59H,5-6,18-28,31-33H2,1-4H3,(H,60,70)(H,61,65,67)/t39-,44?/m0/s1. The normalized spacial score (nSPS) is 19.6. The highest BCUT2D eigenvalue weighted by molar-refractivity contribution is 7.88. The van der Waals surface area contributed by atoms with Crippen LogP contribution < -0.4 is 25.6 Å². The molecular weight excluding hydrogens is 1040 g/mol. The van der Waals surface area contributed by atoms with E-state index in [1.165, 1.54) is 4.90 Å². The average molecular weight is 1110 g/mol. The van der Waals surface area contributed by atoms with E-state index < -0.39 is 51.7 Å². The largest absolute Gasteiger partial charge is 0.479 e. The molecule has 3 saturated heterocycles. The Bertz CT molecular complexity index is 3290. The highest BCUT2D eigenvalue weighted by Gasteiger charge is 2.55. The number of piperidine rings is 3. The molecule has 5 aromatic rings. The van der Waals surface area contributed by atoms with Gasteiger partial charge in [0, 0.05) is 60.0 Å². The first-order chi connectivity index (χ1) is 36.8. The number of sulfonamides is 1. The molecule has 1 aliphatic carbocycles. The Morgan fingerprint density at radius 3 is 2.40 bits per heavy atom. The minimum Gasteiger partial charge on any atom is -0.479 e. The summed E-state index contributed by atoms with van der Waals surface area (Å²) in [6.07, 6.45) is 6.01. The number of amides is 5. The van der Waals surface area contributed by atoms with Crippen LogP contribution in [0.4, 0.5) is 21.9 Å². The Morgan fingerprint density at radius 2 is 1.66 bits per heavy atom. The molecule has 1 spiro atoms. The molecular formula is C57H63ClN6O11S2. The number of urea groups is 1. The third-order valence-corrected chi connectivity index (χ3v) is 18.6. The van der Waals surface area contributed by atoms with Crippen LogP contribution in [0.3, 0.4) is 0 Å². The lowest BCUT2D eigenvalue weighted by Gasteiger charge is -2.39. The zero-order valence-corrected chi connectivity index (χ0v) is 46.0. The van der Waals surface area contributed by atoms with Gasteiger partial charge in [-0.3, -0.25) is 24.6 Å². The van der Waals surface area contributed by atoms with Gasteiger partial charge in [0.15, 0.2) is 17.2 Å². The monoisotopic (exact) mass is 1110 g/mol. The molecule has 5 amide bonds. The molecule has 77 heavy (non-hydrogen) atoms. The lowest BCUT2D eigenvalue weighted by Crippen LogP contribution is -2.53. The summed E-state index contributed by atoms with van der Waals surface area (Å²) in [4.78, 5) is 82.0. The average Bonchev–Trinajstić information content (AvgIpc) is 4.15. The minimum atomic E-state index is -3.75. The van der Waals surface area contributed by atoms with Crippen molar-refractivity contribution in [1.29, 1.82) is 0 Å². The molecule has 5 heterocycles. The van der Waals surface area contributed by atoms with Crippen molar-refractivity contribution in [3.05, 3.63) is 105 Å². The van der Waals surface area contributed by atoms with E-state index in [4.69, 9.17) is 25.8 Å². The summed E-state index contributed by atoms with van der Waals surface area (Å²) in [5.74, 6) is -2.30. The number of hydrogen-bond donors (Lipinski definition) is 3. The van der Waals surface area contributed by atoms with Gasteiger partial charge in [-0.05, 0) is 137 Å². The van der Waals surface area contributed by atoms with Gasteiger partial charge in [0.25, 0.3) is 5.91 Å². The summed E-state index contributed by atoms with van der Waals surface area (Å²) in [5.41, 5.74) is 3.64. The van der Waals surface area contributed by atoms with Crippen LogP contribution in [-0.2, 0) is 39.6 Å². The summed E-state index contributed by atoms with van der Waals surface area (Å²) in [5, 5.41) is 10.9. The van der Waals surface area contributed by atoms with E-state index >= 15 is 0 Å². The number of anilines is 3. The molecule has 4 fully saturated rings. The van der Waals surface area contributed by atoms with Crippen LogP contribution in [0.15, 0.2) is 78.9 Å². The number of carbonyl (C=O) groups is 6. The van der Waals surface area contributed by atoms with Crippen LogP contribution in [-0.4, -0.2) is 109 Å². The second-order valence-corrected chi connectivity index (χ2v) is 25.0. The summed E-state index contributed by atoms with van der Waals surface area (Å²) < 4.78 is 47.0. The van der Waals surface area contributed by atoms with Crippen LogP contribution in [0.25, 0.3) is 21.2 Å². The Hall–Kier alpha value is -6.54. The van der Waals surface area contributed by atoms with Crippen LogP contribution in [0, 0.1) is 0 Å². The van der Waals surface area contributed by atoms with Crippen LogP contribution in [0.1, 0.15) is 129 Å². The van der Waals surface area contributed by atoms with Gasteiger partial charge in [-0.2, -0.15) is 4.31 Å². The lowest BCUT2D eigenvalue weighted by atomic mass is 9.85. The molecule has 4 aliphatic heterocycles. The number of esters is 2. The zero-order valence-electron chi connectivity index (χ0n) is 43.6. The number of nitrogens with zero attached hydrogens (tertiary/aromatic N) is 3. The van der Waals surface area contributed by atoms with Crippen molar-refractivity contribution in [2.75, 3.05) is 48.4 Å². The molecule has 1 unspecified atom stereocenters. The van der Waals surface area contributed by atoms with Gasteiger partial charge < -0.3 is 29.7 Å². The fraction of sp³-hybridized carbons (Fsp3) is 0.439. The maximum absolute atomic E-state index is 14.3. The number of unbranched alkanes of at least 4 members (excludes halogenated alkanes) is 1. The van der Waals surface area contributed by atoms with Gasteiger partial charge in [-0.15, -0.1) is 11.3 Å². The number of benzene rings is 4. The number of ether oxygens (including phenoxy) is 3. The number of likely N-dealkylation sites (tertiary alicyclic amines) is 1. The molecule has 20 heteroatoms. The first kappa shape index (κ1) is 53.8. The maximum Gasteiger partial charge on any atom is 0.352 e. The van der Waals surface area contributed by atoms with Gasteiger partial charge in [-0.25, -0.2) is 22.8 Å². The van der Waals surface area contributed by atoms with Gasteiger partial charge >= 0.3 is 18.0 Å². The number of nitrogens with one attached hydrogen (secondary N) is 3. The fourth-order valence-electron chi connectivity index (χ4n) is 11.3. The van der Waals surface area contributed by atoms with E-state index in [1.54, 1.807) is 60.3 Å². The molecule has 1 aromatic heterocycles. The summed E-state index contributed by atoms with van der Waals surface area (Å²) >= 11 is 8.05.